The molecule has 1 aliphatic heterocycles. The molecule has 2 heteroatoms. The summed E-state index contributed by atoms with van der Waals surface area (Å²) in [5.74, 6) is 0. The fraction of sp³-hybridized carbons (Fsp3) is 0.714. The predicted molar refractivity (Wildman–Crippen MR) is 35.1 cm³/mol. The van der Waals surface area contributed by atoms with E-state index in [1.54, 1.807) is 0 Å². The fourth-order valence-electron chi connectivity index (χ4n) is 0.796. The second kappa shape index (κ2) is 2.99. The van der Waals surface area contributed by atoms with E-state index in [1.165, 1.54) is 0 Å². The summed E-state index contributed by atoms with van der Waals surface area (Å²) < 4.78 is 10.5. The molecule has 0 aromatic carbocycles. The summed E-state index contributed by atoms with van der Waals surface area (Å²) >= 11 is 0. The summed E-state index contributed by atoms with van der Waals surface area (Å²) in [6.45, 7) is 4.67. The zero-order valence-corrected chi connectivity index (χ0v) is 5.83. The molecule has 0 bridgehead atoms. The second-order valence-corrected chi connectivity index (χ2v) is 2.17. The highest BCUT2D eigenvalue weighted by atomic mass is 16.7. The minimum atomic E-state index is -0.0926. The highest BCUT2D eigenvalue weighted by molar-refractivity contribution is 4.83. The van der Waals surface area contributed by atoms with E-state index in [-0.39, 0.29) is 12.4 Å². The Balaban J connectivity index is 2.30. The van der Waals surface area contributed by atoms with Crippen molar-refractivity contribution in [1.82, 2.24) is 0 Å². The Morgan fingerprint density at radius 1 is 1.56 bits per heavy atom. The van der Waals surface area contributed by atoms with Crippen LogP contribution >= 0.6 is 0 Å². The van der Waals surface area contributed by atoms with Crippen LogP contribution < -0.4 is 0 Å². The molecule has 1 heterocycles. The molecule has 0 amide bonds. The van der Waals surface area contributed by atoms with Crippen LogP contribution in [-0.4, -0.2) is 19.0 Å². The zero-order valence-electron chi connectivity index (χ0n) is 5.83. The van der Waals surface area contributed by atoms with Gasteiger partial charge in [-0.05, 0) is 19.9 Å². The third-order valence-electron chi connectivity index (χ3n) is 1.21. The largest absolute Gasteiger partial charge is 0.346 e. The molecule has 1 rings (SSSR count). The summed E-state index contributed by atoms with van der Waals surface area (Å²) in [6.07, 6.45) is 4.00. The highest BCUT2D eigenvalue weighted by Crippen LogP contribution is 2.10. The summed E-state index contributed by atoms with van der Waals surface area (Å²) in [6, 6.07) is 0. The lowest BCUT2D eigenvalue weighted by molar-refractivity contribution is -0.0161. The van der Waals surface area contributed by atoms with Crippen molar-refractivity contribution in [3.8, 4) is 0 Å². The molecule has 0 N–H and O–H groups in total. The Hall–Kier alpha value is -0.340. The van der Waals surface area contributed by atoms with E-state index >= 15 is 0 Å². The van der Waals surface area contributed by atoms with Crippen LogP contribution in [0, 0.1) is 0 Å². The van der Waals surface area contributed by atoms with Crippen LogP contribution in [-0.2, 0) is 9.47 Å². The van der Waals surface area contributed by atoms with Gasteiger partial charge in [0.15, 0.2) is 6.29 Å². The van der Waals surface area contributed by atoms with Crippen molar-refractivity contribution in [2.75, 3.05) is 6.61 Å². The van der Waals surface area contributed by atoms with Gasteiger partial charge >= 0.3 is 0 Å². The van der Waals surface area contributed by atoms with Gasteiger partial charge in [-0.3, -0.25) is 0 Å². The van der Waals surface area contributed by atoms with Crippen molar-refractivity contribution in [2.24, 2.45) is 0 Å². The molecule has 2 atom stereocenters. The van der Waals surface area contributed by atoms with Crippen molar-refractivity contribution >= 4 is 0 Å². The Bertz CT molecular complexity index is 109. The van der Waals surface area contributed by atoms with Gasteiger partial charge in [-0.1, -0.05) is 6.08 Å². The molecule has 0 radical (unpaired) electrons. The number of hydrogen-bond acceptors (Lipinski definition) is 2. The third kappa shape index (κ3) is 1.80. The van der Waals surface area contributed by atoms with E-state index in [0.29, 0.717) is 0 Å². The van der Waals surface area contributed by atoms with Gasteiger partial charge in [0.1, 0.15) is 0 Å². The Labute approximate surface area is 55.5 Å². The average molecular weight is 128 g/mol. The highest BCUT2D eigenvalue weighted by Gasteiger charge is 2.18. The Morgan fingerprint density at radius 2 is 2.33 bits per heavy atom. The first kappa shape index (κ1) is 6.78. The van der Waals surface area contributed by atoms with E-state index in [9.17, 15) is 0 Å². The molecule has 1 fully saturated rings. The van der Waals surface area contributed by atoms with Gasteiger partial charge in [0, 0.05) is 0 Å². The van der Waals surface area contributed by atoms with Crippen molar-refractivity contribution in [1.29, 1.82) is 0 Å². The lowest BCUT2D eigenvalue weighted by atomic mass is 10.5. The lowest BCUT2D eigenvalue weighted by Crippen LogP contribution is -2.05. The van der Waals surface area contributed by atoms with Crippen LogP contribution in [0.25, 0.3) is 0 Å². The molecule has 52 valence electrons. The quantitative estimate of drug-likeness (QED) is 0.496. The monoisotopic (exact) mass is 128 g/mol. The van der Waals surface area contributed by atoms with Crippen molar-refractivity contribution < 1.29 is 9.47 Å². The standard InChI is InChI=1S/C7H12O2/c1-3-4-7-8-5-6(2)9-7/h3-4,6-7H,5H2,1-2H3. The van der Waals surface area contributed by atoms with Crippen LogP contribution in [0.15, 0.2) is 12.2 Å². The minimum Gasteiger partial charge on any atom is -0.346 e. The van der Waals surface area contributed by atoms with Crippen molar-refractivity contribution in [3.05, 3.63) is 12.2 Å². The van der Waals surface area contributed by atoms with Gasteiger partial charge in [0.25, 0.3) is 0 Å². The smallest absolute Gasteiger partial charge is 0.177 e. The van der Waals surface area contributed by atoms with Gasteiger partial charge in [-0.15, -0.1) is 0 Å². The van der Waals surface area contributed by atoms with Gasteiger partial charge in [0.05, 0.1) is 12.7 Å². The first-order chi connectivity index (χ1) is 4.33. The number of hydrogen-bond donors (Lipinski definition) is 0. The number of ether oxygens (including phenoxy) is 2. The van der Waals surface area contributed by atoms with Crippen molar-refractivity contribution in [2.45, 2.75) is 26.2 Å². The van der Waals surface area contributed by atoms with Gasteiger partial charge in [-0.2, -0.15) is 0 Å². The summed E-state index contributed by atoms with van der Waals surface area (Å²) in [5, 5.41) is 0. The SMILES string of the molecule is CC=CC1OCC(C)O1. The molecule has 0 saturated carbocycles. The van der Waals surface area contributed by atoms with E-state index in [1.807, 2.05) is 26.0 Å². The van der Waals surface area contributed by atoms with Crippen molar-refractivity contribution in [3.63, 3.8) is 0 Å². The van der Waals surface area contributed by atoms with Gasteiger partial charge in [0.2, 0.25) is 0 Å². The minimum absolute atomic E-state index is 0.0926. The maximum atomic E-state index is 5.29. The molecule has 1 saturated heterocycles. The lowest BCUT2D eigenvalue weighted by Gasteiger charge is -2.01. The summed E-state index contributed by atoms with van der Waals surface area (Å²) in [7, 11) is 0. The maximum absolute atomic E-state index is 5.29. The molecular formula is C7H12O2. The van der Waals surface area contributed by atoms with Crippen LogP contribution in [0.4, 0.5) is 0 Å². The van der Waals surface area contributed by atoms with E-state index in [4.69, 9.17) is 9.47 Å². The molecule has 2 unspecified atom stereocenters. The van der Waals surface area contributed by atoms with E-state index in [2.05, 4.69) is 0 Å². The zero-order chi connectivity index (χ0) is 6.69. The molecule has 0 aromatic rings. The van der Waals surface area contributed by atoms with Crippen LogP contribution in [0.2, 0.25) is 0 Å². The molecule has 1 aliphatic rings. The first-order valence-electron chi connectivity index (χ1n) is 3.23. The molecule has 0 spiro atoms. The van der Waals surface area contributed by atoms with Crippen LogP contribution in [0.3, 0.4) is 0 Å². The molecule has 0 aliphatic carbocycles. The Kier molecular flexibility index (Phi) is 2.25. The number of allylic oxidation sites excluding steroid dienone is 1. The van der Waals surface area contributed by atoms with Gasteiger partial charge < -0.3 is 9.47 Å². The molecular weight excluding hydrogens is 116 g/mol. The van der Waals surface area contributed by atoms with E-state index < -0.39 is 0 Å². The maximum Gasteiger partial charge on any atom is 0.177 e. The summed E-state index contributed by atoms with van der Waals surface area (Å²) in [4.78, 5) is 0. The third-order valence-corrected chi connectivity index (χ3v) is 1.21. The summed E-state index contributed by atoms with van der Waals surface area (Å²) in [5.41, 5.74) is 0. The average Bonchev–Trinajstić information content (AvgIpc) is 2.17. The number of rotatable bonds is 1. The topological polar surface area (TPSA) is 18.5 Å². The predicted octanol–water partition coefficient (Wildman–Crippen LogP) is 1.32. The molecule has 2 nitrogen and oxygen atoms in total. The normalized spacial score (nSPS) is 36.2. The molecule has 9 heavy (non-hydrogen) atoms. The Morgan fingerprint density at radius 3 is 2.78 bits per heavy atom. The van der Waals surface area contributed by atoms with E-state index in [0.717, 1.165) is 6.61 Å². The van der Waals surface area contributed by atoms with Gasteiger partial charge in [-0.25, -0.2) is 0 Å². The second-order valence-electron chi connectivity index (χ2n) is 2.17. The van der Waals surface area contributed by atoms with Crippen LogP contribution in [0.1, 0.15) is 13.8 Å². The van der Waals surface area contributed by atoms with Crippen LogP contribution in [0.5, 0.6) is 0 Å². The molecule has 0 aromatic heterocycles. The first-order valence-corrected chi connectivity index (χ1v) is 3.23. The fourth-order valence-corrected chi connectivity index (χ4v) is 0.796.